The van der Waals surface area contributed by atoms with Gasteiger partial charge in [0.25, 0.3) is 0 Å². The Bertz CT molecular complexity index is 1900. The van der Waals surface area contributed by atoms with E-state index in [9.17, 15) is 0 Å². The zero-order chi connectivity index (χ0) is 29.1. The van der Waals surface area contributed by atoms with Gasteiger partial charge in [0.1, 0.15) is 0 Å². The largest absolute Gasteiger partial charge is 0.338 e. The van der Waals surface area contributed by atoms with Crippen molar-refractivity contribution in [1.29, 1.82) is 0 Å². The first-order valence-corrected chi connectivity index (χ1v) is 16.9. The summed E-state index contributed by atoms with van der Waals surface area (Å²) in [5, 5.41) is 2.63. The molecule has 2 heteroatoms. The van der Waals surface area contributed by atoms with Crippen LogP contribution >= 0.6 is 0 Å². The van der Waals surface area contributed by atoms with E-state index in [4.69, 9.17) is 0 Å². The second-order valence-electron chi connectivity index (χ2n) is 13.5. The predicted octanol–water partition coefficient (Wildman–Crippen LogP) is 11.2. The van der Waals surface area contributed by atoms with Crippen molar-refractivity contribution < 1.29 is 0 Å². The first kappa shape index (κ1) is 26.1. The maximum absolute atomic E-state index is 2.68. The van der Waals surface area contributed by atoms with Crippen molar-refractivity contribution in [3.63, 3.8) is 0 Å². The summed E-state index contributed by atoms with van der Waals surface area (Å²) in [6.45, 7) is 0. The lowest BCUT2D eigenvalue weighted by atomic mass is 9.65. The van der Waals surface area contributed by atoms with E-state index in [0.29, 0.717) is 12.0 Å². The maximum Gasteiger partial charge on any atom is 0.0541 e. The average molecular weight is 573 g/mol. The van der Waals surface area contributed by atoms with Gasteiger partial charge < -0.3 is 9.47 Å². The second-order valence-corrected chi connectivity index (χ2v) is 13.5. The van der Waals surface area contributed by atoms with Gasteiger partial charge in [-0.1, -0.05) is 111 Å². The fraction of sp³-hybridized carbons (Fsp3) is 0.286. The number of anilines is 2. The van der Waals surface area contributed by atoms with E-state index >= 15 is 0 Å². The Morgan fingerprint density at radius 3 is 1.75 bits per heavy atom. The van der Waals surface area contributed by atoms with Gasteiger partial charge in [-0.25, -0.2) is 0 Å². The predicted molar refractivity (Wildman–Crippen MR) is 185 cm³/mol. The Balaban J connectivity index is 1.09. The van der Waals surface area contributed by atoms with E-state index in [-0.39, 0.29) is 5.41 Å². The Labute approximate surface area is 261 Å². The van der Waals surface area contributed by atoms with Crippen LogP contribution < -0.4 is 4.90 Å². The molecule has 5 aromatic carbocycles. The number of hydrogen-bond acceptors (Lipinski definition) is 1. The number of rotatable bonds is 4. The summed E-state index contributed by atoms with van der Waals surface area (Å²) in [5.74, 6) is 0.678. The summed E-state index contributed by atoms with van der Waals surface area (Å²) in [4.78, 5) is 2.68. The highest BCUT2D eigenvalue weighted by Crippen LogP contribution is 2.52. The summed E-state index contributed by atoms with van der Waals surface area (Å²) in [6, 6.07) is 46.8. The van der Waals surface area contributed by atoms with Gasteiger partial charge in [0.05, 0.1) is 11.0 Å². The number of aromatic nitrogens is 1. The first-order valence-electron chi connectivity index (χ1n) is 16.9. The number of fused-ring (bicyclic) bond motifs is 6. The highest BCUT2D eigenvalue weighted by molar-refractivity contribution is 6.09. The molecule has 0 radical (unpaired) electrons. The van der Waals surface area contributed by atoms with Crippen molar-refractivity contribution in [3.8, 4) is 5.69 Å². The topological polar surface area (TPSA) is 8.17 Å². The zero-order valence-corrected chi connectivity index (χ0v) is 25.5. The Morgan fingerprint density at radius 2 is 1.07 bits per heavy atom. The highest BCUT2D eigenvalue weighted by Gasteiger charge is 2.41. The van der Waals surface area contributed by atoms with Gasteiger partial charge in [-0.2, -0.15) is 0 Å². The average Bonchev–Trinajstić information content (AvgIpc) is 3.62. The third-order valence-electron chi connectivity index (χ3n) is 11.3. The minimum absolute atomic E-state index is 0.0758. The molecule has 3 aliphatic rings. The molecule has 2 unspecified atom stereocenters. The van der Waals surface area contributed by atoms with E-state index in [1.54, 1.807) is 5.56 Å². The van der Waals surface area contributed by atoms with Crippen molar-refractivity contribution in [3.05, 3.63) is 138 Å². The Morgan fingerprint density at radius 1 is 0.500 bits per heavy atom. The lowest BCUT2D eigenvalue weighted by Gasteiger charge is -2.39. The smallest absolute Gasteiger partial charge is 0.0541 e. The molecular weight excluding hydrogens is 532 g/mol. The van der Waals surface area contributed by atoms with Crippen LogP contribution in [0, 0.1) is 0 Å². The van der Waals surface area contributed by atoms with Crippen LogP contribution in [-0.2, 0) is 5.41 Å². The molecule has 0 amide bonds. The summed E-state index contributed by atoms with van der Waals surface area (Å²) >= 11 is 0. The third kappa shape index (κ3) is 3.93. The molecule has 9 rings (SSSR count). The van der Waals surface area contributed by atoms with Gasteiger partial charge >= 0.3 is 0 Å². The molecule has 44 heavy (non-hydrogen) atoms. The van der Waals surface area contributed by atoms with Crippen molar-refractivity contribution in [2.75, 3.05) is 4.90 Å². The van der Waals surface area contributed by atoms with Crippen LogP contribution in [0.3, 0.4) is 0 Å². The Kier molecular flexibility index (Phi) is 6.18. The van der Waals surface area contributed by atoms with Crippen LogP contribution in [0.5, 0.6) is 0 Å². The van der Waals surface area contributed by atoms with Gasteiger partial charge in [0, 0.05) is 45.2 Å². The van der Waals surface area contributed by atoms with Crippen LogP contribution in [0.15, 0.2) is 121 Å². The maximum atomic E-state index is 2.68. The molecule has 2 fully saturated rings. The molecule has 218 valence electrons. The van der Waals surface area contributed by atoms with Crippen molar-refractivity contribution in [2.45, 2.75) is 75.2 Å². The van der Waals surface area contributed by atoms with E-state index < -0.39 is 0 Å². The fourth-order valence-electron chi connectivity index (χ4n) is 9.28. The van der Waals surface area contributed by atoms with Crippen molar-refractivity contribution >= 4 is 33.2 Å². The first-order chi connectivity index (χ1) is 21.8. The van der Waals surface area contributed by atoms with Crippen LogP contribution in [0.4, 0.5) is 11.4 Å². The molecule has 0 N–H and O–H groups in total. The van der Waals surface area contributed by atoms with Gasteiger partial charge in [0.2, 0.25) is 0 Å². The minimum Gasteiger partial charge on any atom is -0.338 e. The van der Waals surface area contributed by atoms with Crippen LogP contribution in [0.25, 0.3) is 27.5 Å². The number of benzene rings is 5. The van der Waals surface area contributed by atoms with Crippen molar-refractivity contribution in [1.82, 2.24) is 4.57 Å². The van der Waals surface area contributed by atoms with Crippen LogP contribution in [-0.4, -0.2) is 10.6 Å². The molecule has 6 aromatic rings. The van der Waals surface area contributed by atoms with Gasteiger partial charge in [0.15, 0.2) is 0 Å². The number of hydrogen-bond donors (Lipinski definition) is 0. The highest BCUT2D eigenvalue weighted by atomic mass is 15.2. The molecule has 0 spiro atoms. The SMILES string of the molecule is c1ccc2c(c1)C1CCCCC1N2c1ccc(C2(c3ccc(-n4c5ccccc5c5ccccc54)cc3)CCCCC2)cc1. The fourth-order valence-corrected chi connectivity index (χ4v) is 9.28. The molecule has 2 atom stereocenters. The van der Waals surface area contributed by atoms with Gasteiger partial charge in [-0.3, -0.25) is 0 Å². The lowest BCUT2D eigenvalue weighted by Crippen LogP contribution is -2.33. The molecule has 1 aromatic heterocycles. The summed E-state index contributed by atoms with van der Waals surface area (Å²) in [6.07, 6.45) is 11.7. The molecule has 2 heterocycles. The normalized spacial score (nSPS) is 21.0. The van der Waals surface area contributed by atoms with Gasteiger partial charge in [-0.05, 0) is 84.8 Å². The molecule has 0 bridgehead atoms. The van der Waals surface area contributed by atoms with Crippen molar-refractivity contribution in [2.24, 2.45) is 0 Å². The van der Waals surface area contributed by atoms with Crippen LogP contribution in [0.2, 0.25) is 0 Å². The summed E-state index contributed by atoms with van der Waals surface area (Å²) in [5.41, 5.74) is 11.2. The lowest BCUT2D eigenvalue weighted by molar-refractivity contribution is 0.346. The van der Waals surface area contributed by atoms with E-state index in [2.05, 4.69) is 131 Å². The monoisotopic (exact) mass is 572 g/mol. The molecular formula is C42H40N2. The van der Waals surface area contributed by atoms with E-state index in [1.165, 1.54) is 108 Å². The number of nitrogens with zero attached hydrogens (tertiary/aromatic N) is 2. The quantitative estimate of drug-likeness (QED) is 0.204. The third-order valence-corrected chi connectivity index (χ3v) is 11.3. The summed E-state index contributed by atoms with van der Waals surface area (Å²) < 4.78 is 2.43. The standard InChI is InChI=1S/C42H40N2/c1-10-28-42(29-11-1,30-20-24-32(25-21-30)43-38-16-6-2-12-34(38)35-13-3-7-17-39(35)43)31-22-26-33(27-23-31)44-40-18-8-4-14-36(40)37-15-5-9-19-41(37)44/h2-4,6-8,12-14,16-18,20-27,37,41H,1,5,9-11,15,19,28-29H2. The molecule has 2 aliphatic carbocycles. The van der Waals surface area contributed by atoms with E-state index in [0.717, 1.165) is 0 Å². The Hall–Kier alpha value is -4.30. The number of para-hydroxylation sites is 3. The molecule has 2 nitrogen and oxygen atoms in total. The molecule has 1 aliphatic heterocycles. The van der Waals surface area contributed by atoms with Gasteiger partial charge in [-0.15, -0.1) is 0 Å². The zero-order valence-electron chi connectivity index (χ0n) is 25.5. The molecule has 2 saturated carbocycles. The van der Waals surface area contributed by atoms with Crippen LogP contribution in [0.1, 0.15) is 80.4 Å². The second kappa shape index (κ2) is 10.4. The molecule has 0 saturated heterocycles. The summed E-state index contributed by atoms with van der Waals surface area (Å²) in [7, 11) is 0. The minimum atomic E-state index is 0.0758. The van der Waals surface area contributed by atoms with E-state index in [1.807, 2.05) is 0 Å².